The van der Waals surface area contributed by atoms with Gasteiger partial charge in [-0.25, -0.2) is 4.98 Å². The van der Waals surface area contributed by atoms with E-state index in [1.807, 2.05) is 36.4 Å². The van der Waals surface area contributed by atoms with Crippen molar-refractivity contribution in [3.63, 3.8) is 0 Å². The van der Waals surface area contributed by atoms with Gasteiger partial charge in [-0.15, -0.1) is 0 Å². The number of hydrogen-bond acceptors (Lipinski definition) is 1. The van der Waals surface area contributed by atoms with Crippen molar-refractivity contribution in [2.24, 2.45) is 0 Å². The van der Waals surface area contributed by atoms with Crippen LogP contribution in [0.25, 0.3) is 21.8 Å². The van der Waals surface area contributed by atoms with Gasteiger partial charge in [-0.1, -0.05) is 24.3 Å². The van der Waals surface area contributed by atoms with Crippen molar-refractivity contribution in [1.82, 2.24) is 4.98 Å². The third-order valence-electron chi connectivity index (χ3n) is 2.30. The molecule has 64 valence electrons. The van der Waals surface area contributed by atoms with Gasteiger partial charge in [0.1, 0.15) is 0 Å². The van der Waals surface area contributed by atoms with Gasteiger partial charge in [-0.05, 0) is 30.3 Å². The van der Waals surface area contributed by atoms with E-state index in [2.05, 4.69) is 23.2 Å². The molecule has 0 saturated carbocycles. The van der Waals surface area contributed by atoms with E-state index < -0.39 is 0 Å². The van der Waals surface area contributed by atoms with E-state index in [9.17, 15) is 0 Å². The van der Waals surface area contributed by atoms with Gasteiger partial charge < -0.3 is 0 Å². The Morgan fingerprint density at radius 2 is 1.43 bits per heavy atom. The molecular weight excluding hydrogens is 170 g/mol. The molecule has 0 aliphatic heterocycles. The third kappa shape index (κ3) is 1.06. The van der Waals surface area contributed by atoms with Crippen molar-refractivity contribution in [3.8, 4) is 0 Å². The normalized spacial score (nSPS) is 10.9. The Morgan fingerprint density at radius 3 is 2.00 bits per heavy atom. The summed E-state index contributed by atoms with van der Waals surface area (Å²) in [5.74, 6) is 0. The van der Waals surface area contributed by atoms with Gasteiger partial charge in [0.05, 0.1) is 11.0 Å². The van der Waals surface area contributed by atoms with Crippen LogP contribution >= 0.6 is 0 Å². The second-order valence-corrected chi connectivity index (χ2v) is 3.23. The molecule has 3 aromatic rings. The predicted molar refractivity (Wildman–Crippen MR) is 56.9 cm³/mol. The molecule has 0 aliphatic rings. The molecule has 0 unspecified atom stereocenters. The van der Waals surface area contributed by atoms with Gasteiger partial charge in [0.2, 0.25) is 0 Å². The predicted octanol–water partition coefficient (Wildman–Crippen LogP) is 2.99. The van der Waals surface area contributed by atoms with Gasteiger partial charge in [-0.2, -0.15) is 0 Å². The van der Waals surface area contributed by atoms with Crippen molar-refractivity contribution < 1.29 is 0 Å². The maximum atomic E-state index is 4.52. The molecule has 0 aliphatic carbocycles. The van der Waals surface area contributed by atoms with Crippen LogP contribution in [0.4, 0.5) is 0 Å². The highest BCUT2D eigenvalue weighted by Gasteiger charge is 1.96. The zero-order valence-electron chi connectivity index (χ0n) is 7.49. The lowest BCUT2D eigenvalue weighted by Crippen LogP contribution is -1.80. The molecule has 0 saturated heterocycles. The number of aromatic nitrogens is 1. The van der Waals surface area contributed by atoms with E-state index in [1.165, 1.54) is 0 Å². The number of fused-ring (bicyclic) bond motifs is 2. The average Bonchev–Trinajstić information content (AvgIpc) is 2.26. The summed E-state index contributed by atoms with van der Waals surface area (Å²) in [6, 6.07) is 19.9. The second-order valence-electron chi connectivity index (χ2n) is 3.23. The van der Waals surface area contributed by atoms with Crippen molar-refractivity contribution in [1.29, 1.82) is 0 Å². The van der Waals surface area contributed by atoms with E-state index in [1.54, 1.807) is 0 Å². The van der Waals surface area contributed by atoms with E-state index in [-0.39, 0.29) is 0 Å². The first-order valence-electron chi connectivity index (χ1n) is 4.50. The number of pyridine rings is 1. The molecule has 2 aromatic carbocycles. The quantitative estimate of drug-likeness (QED) is 0.481. The zero-order valence-corrected chi connectivity index (χ0v) is 7.49. The van der Waals surface area contributed by atoms with Crippen LogP contribution in [0.2, 0.25) is 0 Å². The Bertz CT molecular complexity index is 494. The molecule has 1 aromatic heterocycles. The molecule has 0 bridgehead atoms. The van der Waals surface area contributed by atoms with Gasteiger partial charge in [0.25, 0.3) is 0 Å². The standard InChI is InChI=1S/C13H7N/c1-3-7-12-10(5-1)9-11-6-2-4-8-13(11)14-12/h1-2,5-9H. The smallest absolute Gasteiger partial charge is 0.0715 e. The molecule has 0 N–H and O–H groups in total. The molecule has 3 rings (SSSR count). The minimum Gasteiger partial charge on any atom is -0.248 e. The van der Waals surface area contributed by atoms with Crippen molar-refractivity contribution in [3.05, 3.63) is 54.6 Å². The van der Waals surface area contributed by atoms with Crippen LogP contribution in [0.1, 0.15) is 0 Å². The average molecular weight is 177 g/mol. The fourth-order valence-corrected chi connectivity index (χ4v) is 1.60. The molecule has 14 heavy (non-hydrogen) atoms. The minimum atomic E-state index is 0.986. The summed E-state index contributed by atoms with van der Waals surface area (Å²) in [4.78, 5) is 4.52. The van der Waals surface area contributed by atoms with Gasteiger partial charge >= 0.3 is 0 Å². The molecule has 1 nitrogen and oxygen atoms in total. The number of benzene rings is 2. The van der Waals surface area contributed by atoms with Crippen LogP contribution < -0.4 is 0 Å². The van der Waals surface area contributed by atoms with Crippen molar-refractivity contribution in [2.45, 2.75) is 0 Å². The largest absolute Gasteiger partial charge is 0.248 e. The van der Waals surface area contributed by atoms with Gasteiger partial charge in [0.15, 0.2) is 0 Å². The van der Waals surface area contributed by atoms with Crippen LogP contribution in [0.5, 0.6) is 0 Å². The topological polar surface area (TPSA) is 12.9 Å². The Balaban J connectivity index is 2.52. The molecule has 1 heterocycles. The first kappa shape index (κ1) is 7.51. The Morgan fingerprint density at radius 1 is 0.857 bits per heavy atom. The molecule has 2 radical (unpaired) electrons. The Hall–Kier alpha value is -1.89. The lowest BCUT2D eigenvalue weighted by molar-refractivity contribution is 1.49. The fraction of sp³-hybridized carbons (Fsp3) is 0. The minimum absolute atomic E-state index is 0.986. The highest BCUT2D eigenvalue weighted by Crippen LogP contribution is 2.18. The molecule has 0 fully saturated rings. The lowest BCUT2D eigenvalue weighted by atomic mass is 10.1. The second kappa shape index (κ2) is 2.81. The lowest BCUT2D eigenvalue weighted by Gasteiger charge is -1.99. The van der Waals surface area contributed by atoms with E-state index in [0.29, 0.717) is 0 Å². The van der Waals surface area contributed by atoms with Gasteiger partial charge in [0, 0.05) is 10.8 Å². The SMILES string of the molecule is [c]1ccc2cc3cc[c]cc3nc2c1. The van der Waals surface area contributed by atoms with Crippen LogP contribution in [0.3, 0.4) is 0 Å². The van der Waals surface area contributed by atoms with E-state index in [4.69, 9.17) is 0 Å². The zero-order chi connectivity index (χ0) is 9.38. The maximum Gasteiger partial charge on any atom is 0.0715 e. The number of hydrogen-bond donors (Lipinski definition) is 0. The number of nitrogens with zero attached hydrogens (tertiary/aromatic N) is 1. The van der Waals surface area contributed by atoms with Crippen molar-refractivity contribution in [2.75, 3.05) is 0 Å². The first-order valence-corrected chi connectivity index (χ1v) is 4.50. The summed E-state index contributed by atoms with van der Waals surface area (Å²) in [7, 11) is 0. The molecule has 0 amide bonds. The Labute approximate surface area is 82.0 Å². The van der Waals surface area contributed by atoms with Crippen LogP contribution in [-0.2, 0) is 0 Å². The highest BCUT2D eigenvalue weighted by atomic mass is 14.7. The summed E-state index contributed by atoms with van der Waals surface area (Å²) in [5, 5.41) is 2.31. The maximum absolute atomic E-state index is 4.52. The van der Waals surface area contributed by atoms with Crippen LogP contribution in [0.15, 0.2) is 42.5 Å². The molecule has 0 atom stereocenters. The third-order valence-corrected chi connectivity index (χ3v) is 2.30. The molecule has 1 heteroatoms. The Kier molecular flexibility index (Phi) is 1.51. The van der Waals surface area contributed by atoms with E-state index in [0.717, 1.165) is 21.8 Å². The molecule has 0 spiro atoms. The van der Waals surface area contributed by atoms with Crippen LogP contribution in [0, 0.1) is 12.1 Å². The fourth-order valence-electron chi connectivity index (χ4n) is 1.60. The van der Waals surface area contributed by atoms with Crippen molar-refractivity contribution >= 4 is 21.8 Å². The van der Waals surface area contributed by atoms with Gasteiger partial charge in [-0.3, -0.25) is 0 Å². The van der Waals surface area contributed by atoms with Crippen LogP contribution in [-0.4, -0.2) is 4.98 Å². The monoisotopic (exact) mass is 177 g/mol. The first-order chi connectivity index (χ1) is 6.93. The highest BCUT2D eigenvalue weighted by molar-refractivity contribution is 5.92. The summed E-state index contributed by atoms with van der Waals surface area (Å²) >= 11 is 0. The summed E-state index contributed by atoms with van der Waals surface area (Å²) in [5.41, 5.74) is 1.97. The molecular formula is C13H7N. The summed E-state index contributed by atoms with van der Waals surface area (Å²) in [6.07, 6.45) is 0. The summed E-state index contributed by atoms with van der Waals surface area (Å²) < 4.78 is 0. The number of rotatable bonds is 0. The van der Waals surface area contributed by atoms with E-state index >= 15 is 0 Å². The summed E-state index contributed by atoms with van der Waals surface area (Å²) in [6.45, 7) is 0.